The van der Waals surface area contributed by atoms with E-state index in [9.17, 15) is 4.79 Å². The van der Waals surface area contributed by atoms with Crippen molar-refractivity contribution in [2.45, 2.75) is 0 Å². The zero-order valence-electron chi connectivity index (χ0n) is 11.3. The molecule has 5 heteroatoms. The normalized spacial score (nSPS) is 9.70. The Hall–Kier alpha value is -2.69. The third-order valence-corrected chi connectivity index (χ3v) is 2.75. The van der Waals surface area contributed by atoms with Crippen molar-refractivity contribution in [1.29, 1.82) is 0 Å². The van der Waals surface area contributed by atoms with Gasteiger partial charge in [0.2, 0.25) is 0 Å². The number of benzene rings is 2. The maximum atomic E-state index is 12.1. The zero-order chi connectivity index (χ0) is 14.4. The number of para-hydroxylation sites is 1. The number of hydrogen-bond acceptors (Lipinski definition) is 4. The Kier molecular flexibility index (Phi) is 4.44. The Morgan fingerprint density at radius 3 is 2.40 bits per heavy atom. The van der Waals surface area contributed by atoms with Gasteiger partial charge >= 0.3 is 0 Å². The molecule has 0 atom stereocenters. The fourth-order valence-corrected chi connectivity index (χ4v) is 1.70. The summed E-state index contributed by atoms with van der Waals surface area (Å²) in [6.07, 6.45) is 0. The first-order valence-electron chi connectivity index (χ1n) is 6.08. The number of anilines is 1. The van der Waals surface area contributed by atoms with Gasteiger partial charge in [0.15, 0.2) is 0 Å². The maximum absolute atomic E-state index is 12.1. The van der Waals surface area contributed by atoms with E-state index >= 15 is 0 Å². The van der Waals surface area contributed by atoms with E-state index in [0.717, 1.165) is 5.69 Å². The summed E-state index contributed by atoms with van der Waals surface area (Å²) in [4.78, 5) is 12.1. The fraction of sp³-hybridized carbons (Fsp3) is 0.133. The van der Waals surface area contributed by atoms with Crippen LogP contribution >= 0.6 is 0 Å². The lowest BCUT2D eigenvalue weighted by atomic mass is 10.2. The number of rotatable bonds is 5. The molecule has 2 aromatic carbocycles. The number of carbonyl (C=O) groups excluding carboxylic acids is 1. The maximum Gasteiger partial charge on any atom is 0.273 e. The highest BCUT2D eigenvalue weighted by molar-refractivity contribution is 5.97. The molecule has 0 radical (unpaired) electrons. The average Bonchev–Trinajstić information content (AvgIpc) is 2.52. The van der Waals surface area contributed by atoms with Crippen LogP contribution in [0.3, 0.4) is 0 Å². The SMILES string of the molecule is COc1ccc(C(=O)NNc2ccccc2)c(OC)c1. The number of hydrazine groups is 1. The highest BCUT2D eigenvalue weighted by Crippen LogP contribution is 2.24. The van der Waals surface area contributed by atoms with Crippen molar-refractivity contribution in [2.24, 2.45) is 0 Å². The van der Waals surface area contributed by atoms with Crippen molar-refractivity contribution < 1.29 is 14.3 Å². The van der Waals surface area contributed by atoms with Crippen LogP contribution < -0.4 is 20.3 Å². The van der Waals surface area contributed by atoms with Crippen LogP contribution in [-0.2, 0) is 0 Å². The molecule has 0 aliphatic heterocycles. The van der Waals surface area contributed by atoms with Gasteiger partial charge in [-0.25, -0.2) is 0 Å². The zero-order valence-corrected chi connectivity index (χ0v) is 11.3. The molecule has 104 valence electrons. The Morgan fingerprint density at radius 2 is 1.75 bits per heavy atom. The summed E-state index contributed by atoms with van der Waals surface area (Å²) in [5.41, 5.74) is 6.68. The van der Waals surface area contributed by atoms with Gasteiger partial charge in [-0.1, -0.05) is 18.2 Å². The fourth-order valence-electron chi connectivity index (χ4n) is 1.70. The van der Waals surface area contributed by atoms with Gasteiger partial charge in [0.25, 0.3) is 5.91 Å². The lowest BCUT2D eigenvalue weighted by molar-refractivity contribution is 0.0959. The van der Waals surface area contributed by atoms with E-state index in [2.05, 4.69) is 10.9 Å². The third kappa shape index (κ3) is 3.20. The highest BCUT2D eigenvalue weighted by atomic mass is 16.5. The predicted molar refractivity (Wildman–Crippen MR) is 77.1 cm³/mol. The van der Waals surface area contributed by atoms with Crippen LogP contribution in [0, 0.1) is 0 Å². The van der Waals surface area contributed by atoms with Gasteiger partial charge in [0.05, 0.1) is 25.5 Å². The first-order chi connectivity index (χ1) is 9.74. The van der Waals surface area contributed by atoms with Crippen LogP contribution in [0.5, 0.6) is 11.5 Å². The molecule has 0 spiro atoms. The third-order valence-electron chi connectivity index (χ3n) is 2.75. The molecule has 20 heavy (non-hydrogen) atoms. The van der Waals surface area contributed by atoms with Crippen molar-refractivity contribution in [3.8, 4) is 11.5 Å². The molecule has 0 fully saturated rings. The molecule has 5 nitrogen and oxygen atoms in total. The van der Waals surface area contributed by atoms with Crippen LogP contribution in [0.15, 0.2) is 48.5 Å². The molecule has 1 amide bonds. The number of carbonyl (C=O) groups is 1. The van der Waals surface area contributed by atoms with Crippen molar-refractivity contribution in [1.82, 2.24) is 5.43 Å². The summed E-state index contributed by atoms with van der Waals surface area (Å²) in [6.45, 7) is 0. The Labute approximate surface area is 117 Å². The van der Waals surface area contributed by atoms with Crippen LogP contribution in [0.2, 0.25) is 0 Å². The largest absolute Gasteiger partial charge is 0.497 e. The Balaban J connectivity index is 2.09. The number of ether oxygens (including phenoxy) is 2. The van der Waals surface area contributed by atoms with E-state index < -0.39 is 0 Å². The molecule has 0 aliphatic rings. The quantitative estimate of drug-likeness (QED) is 0.821. The summed E-state index contributed by atoms with van der Waals surface area (Å²) < 4.78 is 10.3. The van der Waals surface area contributed by atoms with Crippen LogP contribution in [0.4, 0.5) is 5.69 Å². The number of methoxy groups -OCH3 is 2. The van der Waals surface area contributed by atoms with Gasteiger partial charge < -0.3 is 9.47 Å². The Bertz CT molecular complexity index is 585. The molecule has 0 aromatic heterocycles. The van der Waals surface area contributed by atoms with E-state index in [0.29, 0.717) is 17.1 Å². The van der Waals surface area contributed by atoms with Gasteiger partial charge in [0.1, 0.15) is 11.5 Å². The van der Waals surface area contributed by atoms with E-state index in [1.807, 2.05) is 30.3 Å². The summed E-state index contributed by atoms with van der Waals surface area (Å²) >= 11 is 0. The molecule has 2 rings (SSSR count). The van der Waals surface area contributed by atoms with E-state index in [-0.39, 0.29) is 5.91 Å². The van der Waals surface area contributed by atoms with Gasteiger partial charge in [-0.15, -0.1) is 0 Å². The van der Waals surface area contributed by atoms with Crippen molar-refractivity contribution in [3.63, 3.8) is 0 Å². The van der Waals surface area contributed by atoms with Crippen molar-refractivity contribution in [3.05, 3.63) is 54.1 Å². The van der Waals surface area contributed by atoms with E-state index in [4.69, 9.17) is 9.47 Å². The predicted octanol–water partition coefficient (Wildman–Crippen LogP) is 2.46. The number of amides is 1. The molecule has 0 unspecified atom stereocenters. The van der Waals surface area contributed by atoms with Crippen LogP contribution in [0.25, 0.3) is 0 Å². The average molecular weight is 272 g/mol. The molecule has 0 heterocycles. The number of hydrogen-bond donors (Lipinski definition) is 2. The molecule has 0 saturated heterocycles. The van der Waals surface area contributed by atoms with E-state index in [1.54, 1.807) is 25.3 Å². The monoisotopic (exact) mass is 272 g/mol. The van der Waals surface area contributed by atoms with Gasteiger partial charge in [-0.2, -0.15) is 0 Å². The topological polar surface area (TPSA) is 59.6 Å². The van der Waals surface area contributed by atoms with Crippen LogP contribution in [-0.4, -0.2) is 20.1 Å². The minimum atomic E-state index is -0.284. The summed E-state index contributed by atoms with van der Waals surface area (Å²) in [5, 5.41) is 0. The second-order valence-corrected chi connectivity index (χ2v) is 4.01. The highest BCUT2D eigenvalue weighted by Gasteiger charge is 2.12. The summed E-state index contributed by atoms with van der Waals surface area (Å²) in [5.74, 6) is 0.805. The second-order valence-electron chi connectivity index (χ2n) is 4.01. The Morgan fingerprint density at radius 1 is 1.00 bits per heavy atom. The standard InChI is InChI=1S/C15H16N2O3/c1-19-12-8-9-13(14(10-12)20-2)15(18)17-16-11-6-4-3-5-7-11/h3-10,16H,1-2H3,(H,17,18). The smallest absolute Gasteiger partial charge is 0.273 e. The van der Waals surface area contributed by atoms with Crippen molar-refractivity contribution >= 4 is 11.6 Å². The molecule has 0 aliphatic carbocycles. The lowest BCUT2D eigenvalue weighted by Crippen LogP contribution is -2.29. The van der Waals surface area contributed by atoms with Gasteiger partial charge in [-0.05, 0) is 24.3 Å². The van der Waals surface area contributed by atoms with E-state index in [1.165, 1.54) is 7.11 Å². The molecular weight excluding hydrogens is 256 g/mol. The first kappa shape index (κ1) is 13.7. The minimum Gasteiger partial charge on any atom is -0.497 e. The minimum absolute atomic E-state index is 0.284. The number of nitrogens with one attached hydrogen (secondary N) is 2. The molecule has 2 aromatic rings. The van der Waals surface area contributed by atoms with Gasteiger partial charge in [-0.3, -0.25) is 15.6 Å². The molecule has 0 saturated carbocycles. The molecule has 2 N–H and O–H groups in total. The summed E-state index contributed by atoms with van der Waals surface area (Å²) in [6, 6.07) is 14.4. The molecule has 0 bridgehead atoms. The second kappa shape index (κ2) is 6.47. The van der Waals surface area contributed by atoms with Gasteiger partial charge in [0, 0.05) is 6.07 Å². The first-order valence-corrected chi connectivity index (χ1v) is 6.08. The van der Waals surface area contributed by atoms with Crippen molar-refractivity contribution in [2.75, 3.05) is 19.6 Å². The lowest BCUT2D eigenvalue weighted by Gasteiger charge is -2.12. The molecular formula is C15H16N2O3. The summed E-state index contributed by atoms with van der Waals surface area (Å²) in [7, 11) is 3.07. The van der Waals surface area contributed by atoms with Crippen LogP contribution in [0.1, 0.15) is 10.4 Å².